The second-order valence-electron chi connectivity index (χ2n) is 12.0. The van der Waals surface area contributed by atoms with Gasteiger partial charge in [-0.25, -0.2) is 4.98 Å². The molecule has 5 heterocycles. The molecule has 0 saturated carbocycles. The number of piperidine rings is 1. The average molecular weight is 584 g/mol. The first kappa shape index (κ1) is 29.2. The van der Waals surface area contributed by atoms with E-state index < -0.39 is 0 Å². The number of benzene rings is 2. The zero-order chi connectivity index (χ0) is 30.1. The van der Waals surface area contributed by atoms with Gasteiger partial charge in [0.05, 0.1) is 44.6 Å². The van der Waals surface area contributed by atoms with Crippen LogP contribution in [0.5, 0.6) is 5.75 Å². The van der Waals surface area contributed by atoms with Gasteiger partial charge >= 0.3 is 5.97 Å². The van der Waals surface area contributed by atoms with Crippen molar-refractivity contribution in [3.63, 3.8) is 0 Å². The van der Waals surface area contributed by atoms with Crippen molar-refractivity contribution in [1.29, 1.82) is 0 Å². The number of carbonyl (C=O) groups is 1. The number of hydrogen-bond acceptors (Lipinski definition) is 7. The van der Waals surface area contributed by atoms with Crippen LogP contribution in [-0.2, 0) is 25.4 Å². The number of rotatable bonds is 2. The Morgan fingerprint density at radius 2 is 1.74 bits per heavy atom. The molecule has 0 aliphatic carbocycles. The summed E-state index contributed by atoms with van der Waals surface area (Å²) in [5.74, 6) is 1.59. The number of carbonyl (C=O) groups excluding carboxylic acids is 1. The minimum absolute atomic E-state index is 0.204. The Bertz CT molecular complexity index is 1650. The third kappa shape index (κ3) is 5.86. The number of methoxy groups -OCH3 is 1. The molecule has 8 heteroatoms. The summed E-state index contributed by atoms with van der Waals surface area (Å²) in [6.07, 6.45) is 4.04. The lowest BCUT2D eigenvalue weighted by Crippen LogP contribution is -2.45. The lowest BCUT2D eigenvalue weighted by Gasteiger charge is -2.41. The molecule has 3 aliphatic heterocycles. The molecule has 6 bridgehead atoms. The maximum Gasteiger partial charge on any atom is 0.310 e. The van der Waals surface area contributed by atoms with E-state index in [2.05, 4.69) is 85.7 Å². The van der Waals surface area contributed by atoms with E-state index in [1.165, 1.54) is 7.11 Å². The molecule has 0 atom stereocenters. The first-order valence-corrected chi connectivity index (χ1v) is 15.2. The molecule has 3 aliphatic rings. The van der Waals surface area contributed by atoms with E-state index in [-0.39, 0.29) is 18.0 Å². The van der Waals surface area contributed by atoms with Crippen molar-refractivity contribution < 1.29 is 23.7 Å². The summed E-state index contributed by atoms with van der Waals surface area (Å²) >= 11 is 0. The lowest BCUT2D eigenvalue weighted by molar-refractivity contribution is -0.139. The number of nitrogens with zero attached hydrogens (tertiary/aromatic N) is 3. The minimum Gasteiger partial charge on any atom is -0.491 e. The topological polar surface area (TPSA) is 74.5 Å². The van der Waals surface area contributed by atoms with Crippen LogP contribution in [0.3, 0.4) is 0 Å². The molecule has 0 spiro atoms. The molecule has 7 rings (SSSR count). The third-order valence-electron chi connectivity index (χ3n) is 8.99. The van der Waals surface area contributed by atoms with Crippen LogP contribution in [0, 0.1) is 20.8 Å². The normalized spacial score (nSPS) is 17.0. The third-order valence-corrected chi connectivity index (χ3v) is 8.99. The van der Waals surface area contributed by atoms with Gasteiger partial charge in [-0.1, -0.05) is 30.3 Å². The van der Waals surface area contributed by atoms with E-state index in [0.29, 0.717) is 26.4 Å². The van der Waals surface area contributed by atoms with Gasteiger partial charge in [0, 0.05) is 36.0 Å². The van der Waals surface area contributed by atoms with Crippen LogP contribution in [-0.4, -0.2) is 67.6 Å². The predicted octanol–water partition coefficient (Wildman–Crippen LogP) is 6.09. The van der Waals surface area contributed by atoms with E-state index in [0.717, 1.165) is 87.8 Å². The maximum atomic E-state index is 12.6. The molecule has 0 unspecified atom stereocenters. The molecule has 226 valence electrons. The van der Waals surface area contributed by atoms with Gasteiger partial charge in [-0.15, -0.1) is 0 Å². The van der Waals surface area contributed by atoms with Crippen molar-refractivity contribution in [3.05, 3.63) is 70.9 Å². The fourth-order valence-electron chi connectivity index (χ4n) is 6.25. The Morgan fingerprint density at radius 1 is 0.977 bits per heavy atom. The highest BCUT2D eigenvalue weighted by Crippen LogP contribution is 2.38. The second-order valence-corrected chi connectivity index (χ2v) is 12.0. The van der Waals surface area contributed by atoms with E-state index in [9.17, 15) is 4.79 Å². The van der Waals surface area contributed by atoms with Crippen LogP contribution in [0.15, 0.2) is 48.7 Å². The number of fused-ring (bicyclic) bond motifs is 8. The van der Waals surface area contributed by atoms with E-state index in [1.807, 2.05) is 0 Å². The predicted molar refractivity (Wildman–Crippen MR) is 168 cm³/mol. The van der Waals surface area contributed by atoms with Crippen LogP contribution in [0.25, 0.3) is 28.0 Å². The highest BCUT2D eigenvalue weighted by atomic mass is 16.6. The zero-order valence-electron chi connectivity index (χ0n) is 25.9. The molecule has 1 saturated heterocycles. The van der Waals surface area contributed by atoms with Gasteiger partial charge in [-0.2, -0.15) is 0 Å². The van der Waals surface area contributed by atoms with Crippen molar-refractivity contribution in [2.75, 3.05) is 51.5 Å². The number of esters is 1. The standard InChI is InChI=1S/C35H41N3O5/c1-23-9-10-28-26-7-6-8-27(20-26)30-22-38-33(36-30)25(3)24(2)29(21-32(39)40-5)34(38)37-13-11-35(4,12-14-37)43-18-16-41-15-17-42-31(28)19-23/h6-10,19-20,22H,11-18,21H2,1-5H3. The molecule has 1 fully saturated rings. The molecule has 8 nitrogen and oxygen atoms in total. The van der Waals surface area contributed by atoms with E-state index >= 15 is 0 Å². The van der Waals surface area contributed by atoms with Crippen LogP contribution in [0.1, 0.15) is 42.0 Å². The van der Waals surface area contributed by atoms with Gasteiger partial charge in [0.15, 0.2) is 0 Å². The molecule has 0 N–H and O–H groups in total. The Kier molecular flexibility index (Phi) is 8.16. The highest BCUT2D eigenvalue weighted by Gasteiger charge is 2.33. The lowest BCUT2D eigenvalue weighted by atomic mass is 9.92. The quantitative estimate of drug-likeness (QED) is 0.209. The number of pyridine rings is 1. The van der Waals surface area contributed by atoms with Crippen molar-refractivity contribution in [2.24, 2.45) is 0 Å². The summed E-state index contributed by atoms with van der Waals surface area (Å²) in [6.45, 7) is 12.0. The van der Waals surface area contributed by atoms with Crippen LogP contribution in [0.2, 0.25) is 0 Å². The van der Waals surface area contributed by atoms with Crippen molar-refractivity contribution in [3.8, 4) is 28.1 Å². The van der Waals surface area contributed by atoms with Crippen molar-refractivity contribution in [1.82, 2.24) is 9.38 Å². The Hall–Kier alpha value is -3.88. The number of aryl methyl sites for hydroxylation is 2. The first-order chi connectivity index (χ1) is 20.8. The smallest absolute Gasteiger partial charge is 0.310 e. The Labute approximate surface area is 253 Å². The summed E-state index contributed by atoms with van der Waals surface area (Å²) in [6, 6.07) is 14.8. The summed E-state index contributed by atoms with van der Waals surface area (Å²) in [5, 5.41) is 0. The van der Waals surface area contributed by atoms with Gasteiger partial charge in [0.1, 0.15) is 23.8 Å². The van der Waals surface area contributed by atoms with E-state index in [4.69, 9.17) is 23.9 Å². The Balaban J connectivity index is 1.51. The average Bonchev–Trinajstić information content (AvgIpc) is 3.45. The minimum atomic E-state index is -0.251. The van der Waals surface area contributed by atoms with Crippen molar-refractivity contribution in [2.45, 2.75) is 52.6 Å². The van der Waals surface area contributed by atoms with Crippen LogP contribution >= 0.6 is 0 Å². The first-order valence-electron chi connectivity index (χ1n) is 15.2. The number of hydrogen-bond donors (Lipinski definition) is 0. The van der Waals surface area contributed by atoms with Crippen LogP contribution in [0.4, 0.5) is 5.82 Å². The molecule has 0 radical (unpaired) electrons. The SMILES string of the molecule is COC(=O)Cc1c(C)c(C)c2nc3cn2c1N1CCC(C)(CC1)OCCOCCOc1cc(C)ccc1-c1cccc-3c1. The number of imidazole rings is 1. The van der Waals surface area contributed by atoms with Gasteiger partial charge in [-0.3, -0.25) is 9.20 Å². The molecule has 2 aromatic carbocycles. The molecule has 4 aromatic rings. The monoisotopic (exact) mass is 583 g/mol. The molecular weight excluding hydrogens is 542 g/mol. The molecule has 43 heavy (non-hydrogen) atoms. The molecular formula is C35H41N3O5. The summed E-state index contributed by atoms with van der Waals surface area (Å²) < 4.78 is 25.8. The second kappa shape index (κ2) is 12.0. The van der Waals surface area contributed by atoms with Crippen molar-refractivity contribution >= 4 is 17.4 Å². The van der Waals surface area contributed by atoms with Gasteiger partial charge in [0.25, 0.3) is 0 Å². The maximum absolute atomic E-state index is 12.6. The highest BCUT2D eigenvalue weighted by molar-refractivity contribution is 5.80. The fourth-order valence-corrected chi connectivity index (χ4v) is 6.25. The van der Waals surface area contributed by atoms with Gasteiger partial charge in [0.2, 0.25) is 0 Å². The zero-order valence-corrected chi connectivity index (χ0v) is 25.9. The van der Waals surface area contributed by atoms with E-state index in [1.54, 1.807) is 0 Å². The van der Waals surface area contributed by atoms with Gasteiger partial charge < -0.3 is 23.8 Å². The largest absolute Gasteiger partial charge is 0.491 e. The summed E-state index contributed by atoms with van der Waals surface area (Å²) in [5.41, 5.74) is 8.88. The molecule has 2 aromatic heterocycles. The number of aromatic nitrogens is 2. The fraction of sp³-hybridized carbons (Fsp3) is 0.429. The summed E-state index contributed by atoms with van der Waals surface area (Å²) in [4.78, 5) is 20.2. The number of anilines is 1. The number of ether oxygens (including phenoxy) is 4. The summed E-state index contributed by atoms with van der Waals surface area (Å²) in [7, 11) is 1.45. The molecule has 0 amide bonds. The Morgan fingerprint density at radius 3 is 2.53 bits per heavy atom. The van der Waals surface area contributed by atoms with Gasteiger partial charge in [-0.05, 0) is 74.9 Å². The van der Waals surface area contributed by atoms with Crippen LogP contribution < -0.4 is 9.64 Å².